The van der Waals surface area contributed by atoms with Crippen molar-refractivity contribution in [2.24, 2.45) is 5.73 Å². The number of nitro groups is 1. The highest BCUT2D eigenvalue weighted by atomic mass is 35.5. The van der Waals surface area contributed by atoms with Gasteiger partial charge in [0.2, 0.25) is 0 Å². The fraction of sp³-hybridized carbons (Fsp3) is 0.200. The fourth-order valence-corrected chi connectivity index (χ4v) is 2.25. The Morgan fingerprint density at radius 3 is 2.65 bits per heavy atom. The molecule has 4 nitrogen and oxygen atoms in total. The summed E-state index contributed by atoms with van der Waals surface area (Å²) in [7, 11) is 0. The minimum atomic E-state index is -0.385. The lowest BCUT2D eigenvalue weighted by Crippen LogP contribution is -2.14. The van der Waals surface area contributed by atoms with E-state index in [1.165, 1.54) is 6.07 Å². The largest absolute Gasteiger partial charge is 0.324 e. The van der Waals surface area contributed by atoms with E-state index in [1.54, 1.807) is 18.2 Å². The van der Waals surface area contributed by atoms with Gasteiger partial charge in [-0.05, 0) is 30.5 Å². The molecule has 0 amide bonds. The standard InChI is InChI=1S/C15H15ClN2O2/c1-10-6-7-11(8-13(10)16)14(17)9-12-4-2-3-5-15(12)18(19)20/h2-8,14H,9,17H2,1H3. The monoisotopic (exact) mass is 290 g/mol. The minimum absolute atomic E-state index is 0.0983. The van der Waals surface area contributed by atoms with E-state index in [9.17, 15) is 10.1 Å². The maximum atomic E-state index is 11.0. The lowest BCUT2D eigenvalue weighted by molar-refractivity contribution is -0.385. The molecule has 1 atom stereocenters. The van der Waals surface area contributed by atoms with Gasteiger partial charge in [-0.1, -0.05) is 41.9 Å². The molecule has 0 aromatic heterocycles. The van der Waals surface area contributed by atoms with Crippen molar-refractivity contribution in [1.82, 2.24) is 0 Å². The highest BCUT2D eigenvalue weighted by Gasteiger charge is 2.16. The normalized spacial score (nSPS) is 12.2. The molecule has 0 bridgehead atoms. The molecule has 104 valence electrons. The molecule has 0 fully saturated rings. The first-order valence-corrected chi connectivity index (χ1v) is 6.60. The Morgan fingerprint density at radius 2 is 2.00 bits per heavy atom. The number of hydrogen-bond acceptors (Lipinski definition) is 3. The second-order valence-corrected chi connectivity index (χ2v) is 5.11. The van der Waals surface area contributed by atoms with Gasteiger partial charge in [-0.2, -0.15) is 0 Å². The molecule has 0 saturated heterocycles. The lowest BCUT2D eigenvalue weighted by atomic mass is 9.98. The predicted molar refractivity (Wildman–Crippen MR) is 79.9 cm³/mol. The van der Waals surface area contributed by atoms with E-state index in [2.05, 4.69) is 0 Å². The van der Waals surface area contributed by atoms with Crippen molar-refractivity contribution < 1.29 is 4.92 Å². The Labute approximate surface area is 122 Å². The molecule has 0 aliphatic rings. The summed E-state index contributed by atoms with van der Waals surface area (Å²) in [4.78, 5) is 10.6. The molecule has 0 radical (unpaired) electrons. The first-order valence-electron chi connectivity index (χ1n) is 6.23. The summed E-state index contributed by atoms with van der Waals surface area (Å²) in [6, 6.07) is 11.9. The number of rotatable bonds is 4. The molecule has 1 unspecified atom stereocenters. The van der Waals surface area contributed by atoms with Crippen LogP contribution in [0.4, 0.5) is 5.69 Å². The molecular formula is C15H15ClN2O2. The van der Waals surface area contributed by atoms with Crippen molar-refractivity contribution in [1.29, 1.82) is 0 Å². The van der Waals surface area contributed by atoms with Crippen LogP contribution in [0, 0.1) is 17.0 Å². The van der Waals surface area contributed by atoms with E-state index in [1.807, 2.05) is 25.1 Å². The summed E-state index contributed by atoms with van der Waals surface area (Å²) in [5.41, 5.74) is 8.71. The molecule has 0 saturated carbocycles. The quantitative estimate of drug-likeness (QED) is 0.688. The van der Waals surface area contributed by atoms with E-state index in [0.717, 1.165) is 11.1 Å². The van der Waals surface area contributed by atoms with Crippen LogP contribution in [-0.4, -0.2) is 4.92 Å². The van der Waals surface area contributed by atoms with Crippen molar-refractivity contribution in [3.05, 3.63) is 74.3 Å². The van der Waals surface area contributed by atoms with Gasteiger partial charge in [0.05, 0.1) is 4.92 Å². The number of hydrogen-bond donors (Lipinski definition) is 1. The molecular weight excluding hydrogens is 276 g/mol. The van der Waals surface area contributed by atoms with Crippen LogP contribution in [-0.2, 0) is 6.42 Å². The molecule has 2 aromatic rings. The molecule has 0 aliphatic carbocycles. The van der Waals surface area contributed by atoms with E-state index in [-0.39, 0.29) is 16.7 Å². The van der Waals surface area contributed by atoms with Crippen molar-refractivity contribution in [3.8, 4) is 0 Å². The number of nitrogens with zero attached hydrogens (tertiary/aromatic N) is 1. The molecule has 0 aliphatic heterocycles. The van der Waals surface area contributed by atoms with Crippen LogP contribution >= 0.6 is 11.6 Å². The number of nitrogens with two attached hydrogens (primary N) is 1. The van der Waals surface area contributed by atoms with Crippen LogP contribution in [0.15, 0.2) is 42.5 Å². The average Bonchev–Trinajstić information content (AvgIpc) is 2.42. The van der Waals surface area contributed by atoms with Crippen molar-refractivity contribution in [2.75, 3.05) is 0 Å². The third-order valence-corrected chi connectivity index (χ3v) is 3.66. The number of halogens is 1. The molecule has 20 heavy (non-hydrogen) atoms. The highest BCUT2D eigenvalue weighted by molar-refractivity contribution is 6.31. The zero-order valence-corrected chi connectivity index (χ0v) is 11.8. The van der Waals surface area contributed by atoms with Crippen molar-refractivity contribution >= 4 is 17.3 Å². The van der Waals surface area contributed by atoms with E-state index < -0.39 is 0 Å². The van der Waals surface area contributed by atoms with Crippen LogP contribution in [0.25, 0.3) is 0 Å². The Balaban J connectivity index is 2.25. The van der Waals surface area contributed by atoms with E-state index in [4.69, 9.17) is 17.3 Å². The second-order valence-electron chi connectivity index (χ2n) is 4.71. The van der Waals surface area contributed by atoms with E-state index in [0.29, 0.717) is 17.0 Å². The van der Waals surface area contributed by atoms with Gasteiger partial charge in [-0.15, -0.1) is 0 Å². The van der Waals surface area contributed by atoms with Gasteiger partial charge in [0.1, 0.15) is 0 Å². The third kappa shape index (κ3) is 3.15. The maximum Gasteiger partial charge on any atom is 0.272 e. The summed E-state index contributed by atoms with van der Waals surface area (Å²) in [6.07, 6.45) is 0.399. The highest BCUT2D eigenvalue weighted by Crippen LogP contribution is 2.26. The molecule has 2 rings (SSSR count). The van der Waals surface area contributed by atoms with Gasteiger partial charge in [-0.3, -0.25) is 10.1 Å². The number of para-hydroxylation sites is 1. The topological polar surface area (TPSA) is 69.2 Å². The molecule has 5 heteroatoms. The SMILES string of the molecule is Cc1ccc(C(N)Cc2ccccc2[N+](=O)[O-])cc1Cl. The van der Waals surface area contributed by atoms with E-state index >= 15 is 0 Å². The van der Waals surface area contributed by atoms with Gasteiger partial charge in [0, 0.05) is 22.7 Å². The number of nitro benzene ring substituents is 1. The zero-order valence-electron chi connectivity index (χ0n) is 11.0. The average molecular weight is 291 g/mol. The van der Waals surface area contributed by atoms with Crippen LogP contribution in [0.1, 0.15) is 22.7 Å². The molecule has 0 heterocycles. The van der Waals surface area contributed by atoms with Crippen molar-refractivity contribution in [3.63, 3.8) is 0 Å². The van der Waals surface area contributed by atoms with Gasteiger partial charge in [-0.25, -0.2) is 0 Å². The number of benzene rings is 2. The zero-order chi connectivity index (χ0) is 14.7. The van der Waals surface area contributed by atoms with Gasteiger partial charge >= 0.3 is 0 Å². The first kappa shape index (κ1) is 14.5. The van der Waals surface area contributed by atoms with Gasteiger partial charge in [0.25, 0.3) is 5.69 Å². The van der Waals surface area contributed by atoms with Crippen LogP contribution in [0.2, 0.25) is 5.02 Å². The first-order chi connectivity index (χ1) is 9.49. The van der Waals surface area contributed by atoms with Crippen LogP contribution in [0.5, 0.6) is 0 Å². The molecule has 2 aromatic carbocycles. The Bertz CT molecular complexity index is 644. The van der Waals surface area contributed by atoms with Crippen LogP contribution in [0.3, 0.4) is 0 Å². The summed E-state index contributed by atoms with van der Waals surface area (Å²) < 4.78 is 0. The van der Waals surface area contributed by atoms with Gasteiger partial charge < -0.3 is 5.73 Å². The second kappa shape index (κ2) is 6.03. The Morgan fingerprint density at radius 1 is 1.30 bits per heavy atom. The Hall–Kier alpha value is -1.91. The summed E-state index contributed by atoms with van der Waals surface area (Å²) in [5, 5.41) is 11.6. The predicted octanol–water partition coefficient (Wildman–Crippen LogP) is 3.80. The summed E-state index contributed by atoms with van der Waals surface area (Å²) in [5.74, 6) is 0. The minimum Gasteiger partial charge on any atom is -0.324 e. The Kier molecular flexibility index (Phi) is 4.37. The maximum absolute atomic E-state index is 11.0. The molecule has 0 spiro atoms. The number of aryl methyl sites for hydroxylation is 1. The fourth-order valence-electron chi connectivity index (χ4n) is 2.06. The summed E-state index contributed by atoms with van der Waals surface area (Å²) in [6.45, 7) is 1.92. The molecule has 2 N–H and O–H groups in total. The van der Waals surface area contributed by atoms with Gasteiger partial charge in [0.15, 0.2) is 0 Å². The van der Waals surface area contributed by atoms with Crippen LogP contribution < -0.4 is 5.73 Å². The summed E-state index contributed by atoms with van der Waals surface area (Å²) >= 11 is 6.08. The lowest BCUT2D eigenvalue weighted by Gasteiger charge is -2.13. The smallest absolute Gasteiger partial charge is 0.272 e. The van der Waals surface area contributed by atoms with Crippen molar-refractivity contribution in [2.45, 2.75) is 19.4 Å². The third-order valence-electron chi connectivity index (χ3n) is 3.25.